The van der Waals surface area contributed by atoms with E-state index < -0.39 is 17.3 Å². The van der Waals surface area contributed by atoms with E-state index in [1.807, 2.05) is 0 Å². The number of para-hydroxylation sites is 1. The number of aromatic nitrogens is 2. The van der Waals surface area contributed by atoms with Crippen LogP contribution >= 0.6 is 0 Å². The fraction of sp³-hybridized carbons (Fsp3) is 0.214. The molecule has 2 rings (SSSR count). The zero-order valence-corrected chi connectivity index (χ0v) is 11.1. The highest BCUT2D eigenvalue weighted by molar-refractivity contribution is 5.92. The standard InChI is InChI=1S/C14H14FN3O3/c15-10-4-1-2-5-12(10)18-13(20)7-6-11(17-18)14(21)16-8-3-9-19/h1-2,4-7,19H,3,8-9H2,(H,16,21). The first-order chi connectivity index (χ1) is 10.1. The van der Waals surface area contributed by atoms with Gasteiger partial charge in [-0.15, -0.1) is 0 Å². The smallest absolute Gasteiger partial charge is 0.271 e. The van der Waals surface area contributed by atoms with E-state index in [1.165, 1.54) is 24.3 Å². The fourth-order valence-corrected chi connectivity index (χ4v) is 1.70. The molecule has 0 aliphatic heterocycles. The van der Waals surface area contributed by atoms with Gasteiger partial charge in [-0.1, -0.05) is 12.1 Å². The second kappa shape index (κ2) is 6.76. The second-order valence-electron chi connectivity index (χ2n) is 4.25. The molecule has 0 aliphatic carbocycles. The molecule has 0 saturated heterocycles. The molecule has 0 fully saturated rings. The maximum atomic E-state index is 13.7. The Morgan fingerprint density at radius 3 is 2.76 bits per heavy atom. The van der Waals surface area contributed by atoms with Crippen molar-refractivity contribution in [2.45, 2.75) is 6.42 Å². The van der Waals surface area contributed by atoms with Crippen LogP contribution in [0.1, 0.15) is 16.9 Å². The molecular weight excluding hydrogens is 277 g/mol. The minimum Gasteiger partial charge on any atom is -0.396 e. The molecule has 21 heavy (non-hydrogen) atoms. The maximum Gasteiger partial charge on any atom is 0.271 e. The van der Waals surface area contributed by atoms with Crippen LogP contribution in [-0.4, -0.2) is 33.9 Å². The van der Waals surface area contributed by atoms with Crippen molar-refractivity contribution in [3.63, 3.8) is 0 Å². The van der Waals surface area contributed by atoms with Crippen LogP contribution in [-0.2, 0) is 0 Å². The zero-order valence-electron chi connectivity index (χ0n) is 11.1. The number of nitrogens with one attached hydrogen (secondary N) is 1. The van der Waals surface area contributed by atoms with Gasteiger partial charge in [0.2, 0.25) is 0 Å². The van der Waals surface area contributed by atoms with Gasteiger partial charge in [-0.25, -0.2) is 4.39 Å². The van der Waals surface area contributed by atoms with Gasteiger partial charge < -0.3 is 10.4 Å². The Kier molecular flexibility index (Phi) is 4.78. The number of nitrogens with zero attached hydrogens (tertiary/aromatic N) is 2. The third-order valence-electron chi connectivity index (χ3n) is 2.73. The summed E-state index contributed by atoms with van der Waals surface area (Å²) in [6.45, 7) is 0.248. The maximum absolute atomic E-state index is 13.7. The summed E-state index contributed by atoms with van der Waals surface area (Å²) < 4.78 is 14.6. The van der Waals surface area contributed by atoms with Crippen LogP contribution in [0.5, 0.6) is 0 Å². The molecule has 0 spiro atoms. The first kappa shape index (κ1) is 14.9. The summed E-state index contributed by atoms with van der Waals surface area (Å²) in [7, 11) is 0. The number of halogens is 1. The molecule has 1 aromatic carbocycles. The van der Waals surface area contributed by atoms with E-state index in [0.29, 0.717) is 6.42 Å². The van der Waals surface area contributed by atoms with Crippen molar-refractivity contribution >= 4 is 5.91 Å². The number of carbonyl (C=O) groups excluding carboxylic acids is 1. The van der Waals surface area contributed by atoms with Crippen molar-refractivity contribution in [1.82, 2.24) is 15.1 Å². The van der Waals surface area contributed by atoms with Gasteiger partial charge in [0.05, 0.1) is 0 Å². The molecule has 110 valence electrons. The van der Waals surface area contributed by atoms with E-state index in [4.69, 9.17) is 5.11 Å². The van der Waals surface area contributed by atoms with Gasteiger partial charge in [-0.05, 0) is 24.6 Å². The SMILES string of the molecule is O=C(NCCCO)c1ccc(=O)n(-c2ccccc2F)n1. The number of rotatable bonds is 5. The monoisotopic (exact) mass is 291 g/mol. The number of aliphatic hydroxyl groups excluding tert-OH is 1. The topological polar surface area (TPSA) is 84.2 Å². The molecule has 0 bridgehead atoms. The lowest BCUT2D eigenvalue weighted by Gasteiger charge is -2.08. The van der Waals surface area contributed by atoms with E-state index >= 15 is 0 Å². The van der Waals surface area contributed by atoms with Gasteiger partial charge in [0, 0.05) is 19.2 Å². The molecule has 0 saturated carbocycles. The van der Waals surface area contributed by atoms with Crippen LogP contribution in [0.25, 0.3) is 5.69 Å². The van der Waals surface area contributed by atoms with Crippen LogP contribution in [0.2, 0.25) is 0 Å². The lowest BCUT2D eigenvalue weighted by molar-refractivity contribution is 0.0944. The minimum absolute atomic E-state index is 0.00390. The van der Waals surface area contributed by atoms with Gasteiger partial charge in [0.15, 0.2) is 0 Å². The van der Waals surface area contributed by atoms with Crippen molar-refractivity contribution < 1.29 is 14.3 Å². The molecule has 1 amide bonds. The number of carbonyl (C=O) groups is 1. The number of aliphatic hydroxyl groups is 1. The fourth-order valence-electron chi connectivity index (χ4n) is 1.70. The summed E-state index contributed by atoms with van der Waals surface area (Å²) in [4.78, 5) is 23.6. The third kappa shape index (κ3) is 3.51. The van der Waals surface area contributed by atoms with Crippen LogP contribution in [0, 0.1) is 5.82 Å². The van der Waals surface area contributed by atoms with Crippen LogP contribution in [0.4, 0.5) is 4.39 Å². The molecule has 0 aliphatic rings. The number of benzene rings is 1. The highest BCUT2D eigenvalue weighted by Gasteiger charge is 2.12. The number of hydrogen-bond acceptors (Lipinski definition) is 4. The van der Waals surface area contributed by atoms with Crippen molar-refractivity contribution in [2.24, 2.45) is 0 Å². The predicted octanol–water partition coefficient (Wildman–Crippen LogP) is 0.484. The third-order valence-corrected chi connectivity index (χ3v) is 2.73. The van der Waals surface area contributed by atoms with E-state index in [9.17, 15) is 14.0 Å². The quantitative estimate of drug-likeness (QED) is 0.785. The summed E-state index contributed by atoms with van der Waals surface area (Å²) in [5.41, 5.74) is -0.560. The summed E-state index contributed by atoms with van der Waals surface area (Å²) in [6, 6.07) is 8.10. The van der Waals surface area contributed by atoms with Gasteiger partial charge >= 0.3 is 0 Å². The van der Waals surface area contributed by atoms with Gasteiger partial charge in [0.1, 0.15) is 17.2 Å². The predicted molar refractivity (Wildman–Crippen MR) is 73.8 cm³/mol. The lowest BCUT2D eigenvalue weighted by atomic mass is 10.3. The van der Waals surface area contributed by atoms with Gasteiger partial charge in [-0.3, -0.25) is 9.59 Å². The van der Waals surface area contributed by atoms with E-state index in [1.54, 1.807) is 6.07 Å². The van der Waals surface area contributed by atoms with E-state index in [0.717, 1.165) is 10.7 Å². The summed E-state index contributed by atoms with van der Waals surface area (Å²) in [5, 5.41) is 15.1. The number of amides is 1. The summed E-state index contributed by atoms with van der Waals surface area (Å²) >= 11 is 0. The summed E-state index contributed by atoms with van der Waals surface area (Å²) in [5.74, 6) is -1.10. The Balaban J connectivity index is 2.32. The Bertz CT molecular complexity index is 700. The van der Waals surface area contributed by atoms with Crippen LogP contribution in [0.15, 0.2) is 41.2 Å². The average molecular weight is 291 g/mol. The van der Waals surface area contributed by atoms with Crippen molar-refractivity contribution in [1.29, 1.82) is 0 Å². The van der Waals surface area contributed by atoms with Gasteiger partial charge in [0.25, 0.3) is 11.5 Å². The van der Waals surface area contributed by atoms with E-state index in [2.05, 4.69) is 10.4 Å². The Labute approximate surface area is 119 Å². The first-order valence-electron chi connectivity index (χ1n) is 6.38. The highest BCUT2D eigenvalue weighted by Crippen LogP contribution is 2.09. The molecule has 2 N–H and O–H groups in total. The molecule has 6 nitrogen and oxygen atoms in total. The highest BCUT2D eigenvalue weighted by atomic mass is 19.1. The minimum atomic E-state index is -0.607. The second-order valence-corrected chi connectivity index (χ2v) is 4.25. The Morgan fingerprint density at radius 1 is 1.29 bits per heavy atom. The molecule has 1 aromatic heterocycles. The number of hydrogen-bond donors (Lipinski definition) is 2. The lowest BCUT2D eigenvalue weighted by Crippen LogP contribution is -2.30. The largest absolute Gasteiger partial charge is 0.396 e. The molecule has 2 aromatic rings. The van der Waals surface area contributed by atoms with Crippen molar-refractivity contribution in [2.75, 3.05) is 13.2 Å². The zero-order chi connectivity index (χ0) is 15.2. The molecule has 0 atom stereocenters. The van der Waals surface area contributed by atoms with Crippen molar-refractivity contribution in [3.8, 4) is 5.69 Å². The molecule has 1 heterocycles. The Hall–Kier alpha value is -2.54. The summed E-state index contributed by atoms with van der Waals surface area (Å²) in [6.07, 6.45) is 0.415. The first-order valence-corrected chi connectivity index (χ1v) is 6.38. The van der Waals surface area contributed by atoms with Crippen molar-refractivity contribution in [3.05, 3.63) is 58.3 Å². The van der Waals surface area contributed by atoms with Crippen LogP contribution in [0.3, 0.4) is 0 Å². The van der Waals surface area contributed by atoms with Gasteiger partial charge in [-0.2, -0.15) is 9.78 Å². The molecule has 7 heteroatoms. The normalized spacial score (nSPS) is 10.4. The molecule has 0 unspecified atom stereocenters. The molecule has 0 radical (unpaired) electrons. The van der Waals surface area contributed by atoms with Crippen LogP contribution < -0.4 is 10.9 Å². The Morgan fingerprint density at radius 2 is 2.05 bits per heavy atom. The molecular formula is C14H14FN3O3. The van der Waals surface area contributed by atoms with E-state index in [-0.39, 0.29) is 24.5 Å². The average Bonchev–Trinajstić information content (AvgIpc) is 2.49.